The molecule has 0 saturated carbocycles. The molecule has 0 atom stereocenters. The third-order valence-corrected chi connectivity index (χ3v) is 1.93. The van der Waals surface area contributed by atoms with Crippen molar-refractivity contribution in [3.8, 4) is 0 Å². The van der Waals surface area contributed by atoms with Crippen molar-refractivity contribution in [2.45, 2.75) is 6.92 Å². The van der Waals surface area contributed by atoms with Crippen LogP contribution in [0.5, 0.6) is 0 Å². The molecule has 6 nitrogen and oxygen atoms in total. The molecule has 0 aliphatic rings. The minimum Gasteiger partial charge on any atom is -0.453 e. The molecule has 0 bridgehead atoms. The molecule has 0 radical (unpaired) electrons. The normalized spacial score (nSPS) is 10.6. The summed E-state index contributed by atoms with van der Waals surface area (Å²) in [4.78, 5) is 31.3. The van der Waals surface area contributed by atoms with Crippen LogP contribution in [0.2, 0.25) is 0 Å². The zero-order chi connectivity index (χ0) is 13.5. The van der Waals surface area contributed by atoms with Gasteiger partial charge in [-0.2, -0.15) is 0 Å². The first kappa shape index (κ1) is 16.3. The van der Waals surface area contributed by atoms with E-state index in [2.05, 4.69) is 14.2 Å². The lowest BCUT2D eigenvalue weighted by atomic mass is 9.94. The fraction of sp³-hybridized carbons (Fsp3) is 0.625. The van der Waals surface area contributed by atoms with E-state index in [0.29, 0.717) is 0 Å². The Bertz CT molecular complexity index is 260. The molecule has 0 amide bonds. The molecule has 0 aliphatic carbocycles. The summed E-state index contributed by atoms with van der Waals surface area (Å²) in [6.45, 7) is 0.823. The minimum atomic E-state index is -1.04. The maximum atomic E-state index is 10.4. The quantitative estimate of drug-likeness (QED) is 0.554. The zero-order valence-electron chi connectivity index (χ0n) is 8.70. The van der Waals surface area contributed by atoms with Crippen molar-refractivity contribution in [2.75, 3.05) is 19.8 Å². The standard InChI is InChI=1S/C8H9Cl3O6/c1-8(2-15-5(9)12,3-16-6(10)13)4-17-7(11)14/h2-4H2,1H3. The Morgan fingerprint density at radius 2 is 1.06 bits per heavy atom. The Morgan fingerprint density at radius 3 is 1.24 bits per heavy atom. The highest BCUT2D eigenvalue weighted by Gasteiger charge is 2.30. The molecule has 0 aromatic carbocycles. The molecule has 0 aliphatic heterocycles. The van der Waals surface area contributed by atoms with E-state index < -0.39 is 21.7 Å². The van der Waals surface area contributed by atoms with Crippen LogP contribution in [0.1, 0.15) is 6.92 Å². The Balaban J connectivity index is 4.37. The highest BCUT2D eigenvalue weighted by molar-refractivity contribution is 6.61. The van der Waals surface area contributed by atoms with Crippen LogP contribution in [0, 0.1) is 5.41 Å². The molecule has 98 valence electrons. The van der Waals surface area contributed by atoms with Gasteiger partial charge in [-0.25, -0.2) is 14.4 Å². The van der Waals surface area contributed by atoms with Gasteiger partial charge in [0.25, 0.3) is 0 Å². The monoisotopic (exact) mass is 306 g/mol. The van der Waals surface area contributed by atoms with Crippen molar-refractivity contribution in [3.63, 3.8) is 0 Å². The van der Waals surface area contributed by atoms with E-state index in [1.165, 1.54) is 6.92 Å². The first-order chi connectivity index (χ1) is 7.75. The van der Waals surface area contributed by atoms with Gasteiger partial charge in [-0.1, -0.05) is 0 Å². The molecule has 9 heteroatoms. The predicted molar refractivity (Wildman–Crippen MR) is 59.7 cm³/mol. The zero-order valence-corrected chi connectivity index (χ0v) is 11.0. The summed E-state index contributed by atoms with van der Waals surface area (Å²) in [5, 5.41) is 0. The predicted octanol–water partition coefficient (Wildman–Crippen LogP) is 3.12. The maximum Gasteiger partial charge on any atom is 0.403 e. The fourth-order valence-corrected chi connectivity index (χ4v) is 0.982. The average Bonchev–Trinajstić information content (AvgIpc) is 2.21. The molecule has 0 aromatic heterocycles. The van der Waals surface area contributed by atoms with Crippen molar-refractivity contribution in [1.82, 2.24) is 0 Å². The van der Waals surface area contributed by atoms with Gasteiger partial charge in [0.05, 0.1) is 5.41 Å². The van der Waals surface area contributed by atoms with Crippen LogP contribution in [0.4, 0.5) is 14.4 Å². The summed E-state index contributed by atoms with van der Waals surface area (Å²) in [7, 11) is 0. The first-order valence-corrected chi connectivity index (χ1v) is 5.35. The van der Waals surface area contributed by atoms with Crippen molar-refractivity contribution in [3.05, 3.63) is 0 Å². The van der Waals surface area contributed by atoms with Crippen LogP contribution in [0.3, 0.4) is 0 Å². The Labute approximate surface area is 112 Å². The lowest BCUT2D eigenvalue weighted by molar-refractivity contribution is 0.00980. The van der Waals surface area contributed by atoms with Gasteiger partial charge >= 0.3 is 16.3 Å². The number of carbonyl (C=O) groups excluding carboxylic acids is 3. The smallest absolute Gasteiger partial charge is 0.403 e. The molecule has 0 N–H and O–H groups in total. The fourth-order valence-electron chi connectivity index (χ4n) is 0.818. The van der Waals surface area contributed by atoms with Crippen LogP contribution in [0.15, 0.2) is 0 Å². The molecule has 0 fully saturated rings. The van der Waals surface area contributed by atoms with Gasteiger partial charge < -0.3 is 14.2 Å². The van der Waals surface area contributed by atoms with Gasteiger partial charge in [0.1, 0.15) is 19.8 Å². The molecule has 0 spiro atoms. The second-order valence-corrected chi connectivity index (χ2v) is 4.32. The van der Waals surface area contributed by atoms with Crippen molar-refractivity contribution in [2.24, 2.45) is 5.41 Å². The summed E-state index contributed by atoms with van der Waals surface area (Å²) >= 11 is 14.9. The van der Waals surface area contributed by atoms with Crippen LogP contribution in [-0.2, 0) is 14.2 Å². The summed E-state index contributed by atoms with van der Waals surface area (Å²) in [6.07, 6.45) is 0. The average molecular weight is 308 g/mol. The van der Waals surface area contributed by atoms with E-state index in [9.17, 15) is 14.4 Å². The number of halogens is 3. The second kappa shape index (κ2) is 7.58. The largest absolute Gasteiger partial charge is 0.453 e. The molecule has 0 heterocycles. The highest BCUT2D eigenvalue weighted by atomic mass is 35.5. The molecule has 0 saturated heterocycles. The van der Waals surface area contributed by atoms with E-state index >= 15 is 0 Å². The lowest BCUT2D eigenvalue weighted by Gasteiger charge is -2.26. The SMILES string of the molecule is CC(COC(=O)Cl)(COC(=O)Cl)COC(=O)Cl. The molecule has 17 heavy (non-hydrogen) atoms. The summed E-state index contributed by atoms with van der Waals surface area (Å²) in [5.74, 6) is 0. The van der Waals surface area contributed by atoms with E-state index in [-0.39, 0.29) is 19.8 Å². The number of rotatable bonds is 6. The second-order valence-electron chi connectivity index (χ2n) is 3.39. The molecular formula is C8H9Cl3O6. The van der Waals surface area contributed by atoms with Crippen LogP contribution >= 0.6 is 34.8 Å². The lowest BCUT2D eigenvalue weighted by Crippen LogP contribution is -2.35. The summed E-state index contributed by atoms with van der Waals surface area (Å²) < 4.78 is 13.6. The Hall–Kier alpha value is -0.720. The Kier molecular flexibility index (Phi) is 7.26. The van der Waals surface area contributed by atoms with Crippen molar-refractivity contribution < 1.29 is 28.6 Å². The number of carbonyl (C=O) groups is 3. The number of hydrogen-bond donors (Lipinski definition) is 0. The van der Waals surface area contributed by atoms with Crippen LogP contribution in [0.25, 0.3) is 0 Å². The van der Waals surface area contributed by atoms with Gasteiger partial charge in [-0.05, 0) is 6.92 Å². The topological polar surface area (TPSA) is 78.9 Å². The van der Waals surface area contributed by atoms with Crippen LogP contribution in [-0.4, -0.2) is 36.1 Å². The number of ether oxygens (including phenoxy) is 3. The highest BCUT2D eigenvalue weighted by Crippen LogP contribution is 2.20. The van der Waals surface area contributed by atoms with E-state index in [1.54, 1.807) is 0 Å². The van der Waals surface area contributed by atoms with Gasteiger partial charge in [0, 0.05) is 34.8 Å². The third-order valence-electron chi connectivity index (χ3n) is 1.60. The van der Waals surface area contributed by atoms with Gasteiger partial charge in [0.15, 0.2) is 0 Å². The van der Waals surface area contributed by atoms with Crippen LogP contribution < -0.4 is 0 Å². The third kappa shape index (κ3) is 9.02. The van der Waals surface area contributed by atoms with Gasteiger partial charge in [-0.3, -0.25) is 0 Å². The van der Waals surface area contributed by atoms with E-state index in [1.807, 2.05) is 0 Å². The minimum absolute atomic E-state index is 0.232. The van der Waals surface area contributed by atoms with E-state index in [0.717, 1.165) is 0 Å². The molecule has 0 unspecified atom stereocenters. The Morgan fingerprint density at radius 1 is 0.824 bits per heavy atom. The van der Waals surface area contributed by atoms with Gasteiger partial charge in [0.2, 0.25) is 0 Å². The molecule has 0 rings (SSSR count). The first-order valence-electron chi connectivity index (χ1n) is 4.22. The molecule has 0 aromatic rings. The van der Waals surface area contributed by atoms with Crippen molar-refractivity contribution in [1.29, 1.82) is 0 Å². The molecular weight excluding hydrogens is 298 g/mol. The maximum absolute atomic E-state index is 10.4. The summed E-state index contributed by atoms with van der Waals surface area (Å²) in [5.41, 5.74) is -4.10. The van der Waals surface area contributed by atoms with E-state index in [4.69, 9.17) is 34.8 Å². The number of hydrogen-bond acceptors (Lipinski definition) is 6. The summed E-state index contributed by atoms with van der Waals surface area (Å²) in [6, 6.07) is 0. The van der Waals surface area contributed by atoms with Gasteiger partial charge in [-0.15, -0.1) is 0 Å². The van der Waals surface area contributed by atoms with Crippen molar-refractivity contribution >= 4 is 51.1 Å².